The van der Waals surface area contributed by atoms with Crippen LogP contribution in [0.1, 0.15) is 0 Å². The van der Waals surface area contributed by atoms with Gasteiger partial charge in [-0.2, -0.15) is 0 Å². The molecule has 1 heterocycles. The zero-order chi connectivity index (χ0) is 47.5. The molecule has 2 nitrogen and oxygen atoms in total. The summed E-state index contributed by atoms with van der Waals surface area (Å²) in [5.74, 6) is 0. The molecule has 1 aromatic heterocycles. The molecular weight excluding hydrogens is 869 g/mol. The molecule has 0 amide bonds. The van der Waals surface area contributed by atoms with Crippen LogP contribution in [0.5, 0.6) is 0 Å². The Morgan fingerprint density at radius 2 is 0.792 bits per heavy atom. The van der Waals surface area contributed by atoms with Crippen LogP contribution in [0.25, 0.3) is 115 Å². The number of para-hydroxylation sites is 2. The standard InChI is InChI=1S/C70H46N2/c1-2-18-50(19-3-1)60-40-36-54(46-69(60)72-66-29-15-13-27-64(66)70-61-24-9-8-20-51(61)37-42-68(70)72)49-34-38-57(39-35-49)71(65-28-14-12-23-59(65)56-33-31-48-17-5-7-22-53(48)45-56)67-43-41-58(62-25-10-11-26-63(62)67)55-32-30-47-16-4-6-21-52(47)44-55/h1-46H. The highest BCUT2D eigenvalue weighted by atomic mass is 15.1. The van der Waals surface area contributed by atoms with Crippen molar-refractivity contribution in [3.05, 3.63) is 279 Å². The summed E-state index contributed by atoms with van der Waals surface area (Å²) in [5.41, 5.74) is 16.2. The summed E-state index contributed by atoms with van der Waals surface area (Å²) in [5, 5.41) is 12.4. The molecule has 0 saturated carbocycles. The number of aromatic nitrogens is 1. The Bertz CT molecular complexity index is 4390. The monoisotopic (exact) mass is 914 g/mol. The molecule has 0 spiro atoms. The maximum atomic E-state index is 2.48. The maximum Gasteiger partial charge on any atom is 0.0547 e. The van der Waals surface area contributed by atoms with Crippen molar-refractivity contribution < 1.29 is 0 Å². The van der Waals surface area contributed by atoms with Crippen LogP contribution < -0.4 is 4.90 Å². The first-order valence-electron chi connectivity index (χ1n) is 24.8. The number of benzene rings is 13. The zero-order valence-corrected chi connectivity index (χ0v) is 39.5. The number of anilines is 3. The van der Waals surface area contributed by atoms with Gasteiger partial charge in [-0.3, -0.25) is 0 Å². The molecule has 72 heavy (non-hydrogen) atoms. The molecule has 2 heteroatoms. The summed E-state index contributed by atoms with van der Waals surface area (Å²) in [6.45, 7) is 0. The number of hydrogen-bond donors (Lipinski definition) is 0. The van der Waals surface area contributed by atoms with Gasteiger partial charge in [-0.1, -0.05) is 224 Å². The lowest BCUT2D eigenvalue weighted by Crippen LogP contribution is -2.12. The van der Waals surface area contributed by atoms with Crippen molar-refractivity contribution in [2.24, 2.45) is 0 Å². The van der Waals surface area contributed by atoms with E-state index in [-0.39, 0.29) is 0 Å². The average Bonchev–Trinajstić information content (AvgIpc) is 3.80. The fourth-order valence-electron chi connectivity index (χ4n) is 11.3. The smallest absolute Gasteiger partial charge is 0.0547 e. The van der Waals surface area contributed by atoms with Gasteiger partial charge in [-0.15, -0.1) is 0 Å². The average molecular weight is 915 g/mol. The molecule has 0 aliphatic rings. The third-order valence-corrected chi connectivity index (χ3v) is 14.8. The van der Waals surface area contributed by atoms with Gasteiger partial charge in [0.05, 0.1) is 28.1 Å². The molecule has 0 saturated heterocycles. The molecule has 0 atom stereocenters. The summed E-state index contributed by atoms with van der Waals surface area (Å²) >= 11 is 0. The lowest BCUT2D eigenvalue weighted by molar-refractivity contribution is 1.18. The Hall–Kier alpha value is -9.50. The molecule has 0 radical (unpaired) electrons. The number of hydrogen-bond acceptors (Lipinski definition) is 1. The lowest BCUT2D eigenvalue weighted by Gasteiger charge is -2.30. The van der Waals surface area contributed by atoms with Crippen LogP contribution in [-0.4, -0.2) is 4.57 Å². The van der Waals surface area contributed by atoms with Crippen LogP contribution >= 0.6 is 0 Å². The Labute approximate surface area is 418 Å². The Kier molecular flexibility index (Phi) is 9.89. The second kappa shape index (κ2) is 17.2. The first-order valence-corrected chi connectivity index (χ1v) is 24.8. The number of nitrogens with zero attached hydrogens (tertiary/aromatic N) is 2. The molecule has 0 N–H and O–H groups in total. The van der Waals surface area contributed by atoms with E-state index in [2.05, 4.69) is 289 Å². The molecule has 0 unspecified atom stereocenters. The molecule has 13 aromatic carbocycles. The van der Waals surface area contributed by atoms with E-state index in [1.54, 1.807) is 0 Å². The van der Waals surface area contributed by atoms with Crippen molar-refractivity contribution in [3.8, 4) is 50.2 Å². The van der Waals surface area contributed by atoms with Crippen molar-refractivity contribution >= 4 is 82.0 Å². The third-order valence-electron chi connectivity index (χ3n) is 14.8. The van der Waals surface area contributed by atoms with E-state index >= 15 is 0 Å². The SMILES string of the molecule is c1ccc(-c2ccc(-c3ccc(N(c4ccccc4-c4ccc5ccccc5c4)c4ccc(-c5ccc6ccccc6c5)c5ccccc45)cc3)cc2-n2c3ccccc3c3c4ccccc4ccc32)cc1. The largest absolute Gasteiger partial charge is 0.309 e. The molecule has 0 fully saturated rings. The van der Waals surface area contributed by atoms with E-state index in [9.17, 15) is 0 Å². The summed E-state index contributed by atoms with van der Waals surface area (Å²) in [4.78, 5) is 2.47. The number of rotatable bonds is 8. The maximum absolute atomic E-state index is 2.48. The van der Waals surface area contributed by atoms with E-state index in [4.69, 9.17) is 0 Å². The van der Waals surface area contributed by atoms with E-state index < -0.39 is 0 Å². The fourth-order valence-corrected chi connectivity index (χ4v) is 11.3. The molecule has 0 aliphatic carbocycles. The third kappa shape index (κ3) is 6.95. The molecule has 336 valence electrons. The predicted molar refractivity (Wildman–Crippen MR) is 307 cm³/mol. The summed E-state index contributed by atoms with van der Waals surface area (Å²) in [7, 11) is 0. The highest BCUT2D eigenvalue weighted by Crippen LogP contribution is 2.47. The second-order valence-electron chi connectivity index (χ2n) is 18.8. The van der Waals surface area contributed by atoms with Crippen molar-refractivity contribution in [1.29, 1.82) is 0 Å². The summed E-state index contributed by atoms with van der Waals surface area (Å²) in [6, 6.07) is 102. The Morgan fingerprint density at radius 1 is 0.250 bits per heavy atom. The van der Waals surface area contributed by atoms with Crippen LogP contribution in [0.3, 0.4) is 0 Å². The van der Waals surface area contributed by atoms with Gasteiger partial charge in [0.15, 0.2) is 0 Å². The van der Waals surface area contributed by atoms with Gasteiger partial charge < -0.3 is 9.47 Å². The normalized spacial score (nSPS) is 11.6. The van der Waals surface area contributed by atoms with Gasteiger partial charge in [0.2, 0.25) is 0 Å². The van der Waals surface area contributed by atoms with Crippen LogP contribution in [-0.2, 0) is 0 Å². The molecule has 0 aliphatic heterocycles. The molecule has 14 aromatic rings. The minimum atomic E-state index is 1.08. The summed E-state index contributed by atoms with van der Waals surface area (Å²) < 4.78 is 2.48. The highest BCUT2D eigenvalue weighted by Gasteiger charge is 2.22. The quantitative estimate of drug-likeness (QED) is 0.147. The van der Waals surface area contributed by atoms with Crippen LogP contribution in [0.4, 0.5) is 17.1 Å². The Morgan fingerprint density at radius 3 is 1.54 bits per heavy atom. The predicted octanol–water partition coefficient (Wildman–Crippen LogP) is 19.5. The van der Waals surface area contributed by atoms with Crippen LogP contribution in [0.15, 0.2) is 279 Å². The first-order chi connectivity index (χ1) is 35.7. The van der Waals surface area contributed by atoms with Crippen LogP contribution in [0, 0.1) is 0 Å². The van der Waals surface area contributed by atoms with Crippen LogP contribution in [0.2, 0.25) is 0 Å². The highest BCUT2D eigenvalue weighted by molar-refractivity contribution is 6.21. The van der Waals surface area contributed by atoms with E-state index in [0.717, 1.165) is 39.4 Å². The van der Waals surface area contributed by atoms with Crippen molar-refractivity contribution in [1.82, 2.24) is 4.57 Å². The van der Waals surface area contributed by atoms with Gasteiger partial charge in [0.1, 0.15) is 0 Å². The topological polar surface area (TPSA) is 8.17 Å². The molecule has 14 rings (SSSR count). The second-order valence-corrected chi connectivity index (χ2v) is 18.8. The van der Waals surface area contributed by atoms with E-state index in [0.29, 0.717) is 0 Å². The summed E-state index contributed by atoms with van der Waals surface area (Å²) in [6.07, 6.45) is 0. The Balaban J connectivity index is 0.950. The van der Waals surface area contributed by atoms with Crippen molar-refractivity contribution in [2.75, 3.05) is 4.90 Å². The van der Waals surface area contributed by atoms with Gasteiger partial charge >= 0.3 is 0 Å². The minimum absolute atomic E-state index is 1.08. The van der Waals surface area contributed by atoms with Gasteiger partial charge in [-0.05, 0) is 126 Å². The van der Waals surface area contributed by atoms with E-state index in [1.807, 2.05) is 0 Å². The first kappa shape index (κ1) is 41.5. The zero-order valence-electron chi connectivity index (χ0n) is 39.5. The molecule has 0 bridgehead atoms. The van der Waals surface area contributed by atoms with Gasteiger partial charge in [0, 0.05) is 33.0 Å². The lowest BCUT2D eigenvalue weighted by atomic mass is 9.94. The van der Waals surface area contributed by atoms with Gasteiger partial charge in [0.25, 0.3) is 0 Å². The number of fused-ring (bicyclic) bond motifs is 8. The fraction of sp³-hybridized carbons (Fsp3) is 0. The van der Waals surface area contributed by atoms with Crippen molar-refractivity contribution in [3.63, 3.8) is 0 Å². The molecular formula is C70H46N2. The van der Waals surface area contributed by atoms with E-state index in [1.165, 1.54) is 92.7 Å². The van der Waals surface area contributed by atoms with Crippen molar-refractivity contribution in [2.45, 2.75) is 0 Å². The van der Waals surface area contributed by atoms with Gasteiger partial charge in [-0.25, -0.2) is 0 Å². The minimum Gasteiger partial charge on any atom is -0.309 e.